The minimum Gasteiger partial charge on any atom is -0.497 e. The zero-order valence-corrected chi connectivity index (χ0v) is 16.0. The lowest BCUT2D eigenvalue weighted by atomic mass is 10.1. The first-order chi connectivity index (χ1) is 13.3. The van der Waals surface area contributed by atoms with Crippen LogP contribution in [0.2, 0.25) is 0 Å². The van der Waals surface area contributed by atoms with Crippen molar-refractivity contribution >= 4 is 29.8 Å². The third kappa shape index (κ3) is 4.87. The first kappa shape index (κ1) is 20.9. The maximum Gasteiger partial charge on any atom is 0.335 e. The number of nitrogens with zero attached hydrogens (tertiary/aromatic N) is 1. The fourth-order valence-corrected chi connectivity index (χ4v) is 2.70. The molecule has 0 N–H and O–H groups in total. The first-order valence-electron chi connectivity index (χ1n) is 8.32. The number of methoxy groups -OCH3 is 3. The molecule has 0 unspecified atom stereocenters. The zero-order valence-electron chi connectivity index (χ0n) is 16.0. The van der Waals surface area contributed by atoms with Crippen LogP contribution >= 0.6 is 0 Å². The Kier molecular flexibility index (Phi) is 6.75. The summed E-state index contributed by atoms with van der Waals surface area (Å²) in [5.74, 6) is -1.61. The van der Waals surface area contributed by atoms with Gasteiger partial charge in [-0.1, -0.05) is 0 Å². The SMILES string of the molecule is COC(=O)/C(=C/c1cc(OC)cc(OC)c1)CN1C(=O)C[C@H](OC(C)=O)C1=O. The molecule has 1 fully saturated rings. The molecule has 1 atom stereocenters. The molecule has 1 aliphatic rings. The molecule has 2 amide bonds. The molecule has 0 aromatic heterocycles. The van der Waals surface area contributed by atoms with Crippen molar-refractivity contribution in [2.75, 3.05) is 27.9 Å². The van der Waals surface area contributed by atoms with Crippen LogP contribution in [0.25, 0.3) is 6.08 Å². The molecule has 28 heavy (non-hydrogen) atoms. The van der Waals surface area contributed by atoms with Crippen molar-refractivity contribution in [1.82, 2.24) is 4.90 Å². The van der Waals surface area contributed by atoms with Gasteiger partial charge in [-0.15, -0.1) is 0 Å². The molecular weight excluding hydrogens is 370 g/mol. The number of carbonyl (C=O) groups is 4. The molecule has 0 spiro atoms. The van der Waals surface area contributed by atoms with Crippen LogP contribution < -0.4 is 9.47 Å². The van der Waals surface area contributed by atoms with Crippen molar-refractivity contribution in [3.63, 3.8) is 0 Å². The molecule has 0 saturated carbocycles. The number of rotatable bonds is 7. The Labute approximate surface area is 161 Å². The summed E-state index contributed by atoms with van der Waals surface area (Å²) >= 11 is 0. The summed E-state index contributed by atoms with van der Waals surface area (Å²) in [5.41, 5.74) is 0.607. The number of amides is 2. The second-order valence-electron chi connectivity index (χ2n) is 5.93. The highest BCUT2D eigenvalue weighted by Gasteiger charge is 2.41. The van der Waals surface area contributed by atoms with Crippen LogP contribution in [0.4, 0.5) is 0 Å². The van der Waals surface area contributed by atoms with Crippen molar-refractivity contribution in [2.24, 2.45) is 0 Å². The van der Waals surface area contributed by atoms with Gasteiger partial charge in [-0.25, -0.2) is 4.79 Å². The predicted octanol–water partition coefficient (Wildman–Crippen LogP) is 0.951. The number of ether oxygens (including phenoxy) is 4. The van der Waals surface area contributed by atoms with Crippen LogP contribution in [-0.4, -0.2) is 62.6 Å². The molecule has 9 nitrogen and oxygen atoms in total. The van der Waals surface area contributed by atoms with Gasteiger partial charge in [0.15, 0.2) is 6.10 Å². The number of imide groups is 1. The maximum atomic E-state index is 12.4. The molecule has 9 heteroatoms. The molecule has 1 heterocycles. The van der Waals surface area contributed by atoms with E-state index in [9.17, 15) is 19.2 Å². The summed E-state index contributed by atoms with van der Waals surface area (Å²) < 4.78 is 20.0. The molecule has 0 aliphatic carbocycles. The van der Waals surface area contributed by atoms with Gasteiger partial charge in [0.25, 0.3) is 5.91 Å². The van der Waals surface area contributed by atoms with E-state index in [4.69, 9.17) is 18.9 Å². The fourth-order valence-electron chi connectivity index (χ4n) is 2.70. The Balaban J connectivity index is 2.34. The number of likely N-dealkylation sites (tertiary alicyclic amines) is 1. The monoisotopic (exact) mass is 391 g/mol. The predicted molar refractivity (Wildman–Crippen MR) is 96.4 cm³/mol. The summed E-state index contributed by atoms with van der Waals surface area (Å²) in [6.07, 6.45) is 0.0250. The van der Waals surface area contributed by atoms with E-state index in [-0.39, 0.29) is 18.5 Å². The van der Waals surface area contributed by atoms with Crippen LogP contribution in [0, 0.1) is 0 Å². The molecule has 0 radical (unpaired) electrons. The highest BCUT2D eigenvalue weighted by Crippen LogP contribution is 2.25. The van der Waals surface area contributed by atoms with E-state index in [1.807, 2.05) is 0 Å². The van der Waals surface area contributed by atoms with E-state index in [1.54, 1.807) is 18.2 Å². The normalized spacial score (nSPS) is 16.8. The lowest BCUT2D eigenvalue weighted by Crippen LogP contribution is -2.36. The third-order valence-electron chi connectivity index (χ3n) is 4.00. The lowest BCUT2D eigenvalue weighted by molar-refractivity contribution is -0.154. The molecule has 1 saturated heterocycles. The van der Waals surface area contributed by atoms with Crippen molar-refractivity contribution in [1.29, 1.82) is 0 Å². The summed E-state index contributed by atoms with van der Waals surface area (Å²) in [6, 6.07) is 4.97. The largest absolute Gasteiger partial charge is 0.497 e. The summed E-state index contributed by atoms with van der Waals surface area (Å²) in [4.78, 5) is 48.7. The van der Waals surface area contributed by atoms with Crippen molar-refractivity contribution < 1.29 is 38.1 Å². The first-order valence-corrected chi connectivity index (χ1v) is 8.32. The van der Waals surface area contributed by atoms with Crippen LogP contribution in [0.15, 0.2) is 23.8 Å². The number of carbonyl (C=O) groups excluding carboxylic acids is 4. The van der Waals surface area contributed by atoms with Gasteiger partial charge in [-0.3, -0.25) is 19.3 Å². The molecule has 2 rings (SSSR count). The van der Waals surface area contributed by atoms with E-state index in [0.29, 0.717) is 17.1 Å². The molecule has 1 aliphatic heterocycles. The fraction of sp³-hybridized carbons (Fsp3) is 0.368. The maximum absolute atomic E-state index is 12.4. The average molecular weight is 391 g/mol. The van der Waals surface area contributed by atoms with Crippen molar-refractivity contribution in [3.8, 4) is 11.5 Å². The van der Waals surface area contributed by atoms with Crippen LogP contribution in [-0.2, 0) is 28.7 Å². The third-order valence-corrected chi connectivity index (χ3v) is 4.00. The van der Waals surface area contributed by atoms with Gasteiger partial charge in [-0.2, -0.15) is 0 Å². The molecule has 1 aromatic carbocycles. The summed E-state index contributed by atoms with van der Waals surface area (Å²) in [7, 11) is 4.16. The molecule has 150 valence electrons. The number of hydrogen-bond donors (Lipinski definition) is 0. The topological polar surface area (TPSA) is 108 Å². The Hall–Kier alpha value is -3.36. The smallest absolute Gasteiger partial charge is 0.335 e. The Morgan fingerprint density at radius 2 is 1.71 bits per heavy atom. The quantitative estimate of drug-likeness (QED) is 0.384. The van der Waals surface area contributed by atoms with Crippen LogP contribution in [0.5, 0.6) is 11.5 Å². The minimum absolute atomic E-state index is 0.0583. The van der Waals surface area contributed by atoms with Crippen LogP contribution in [0.1, 0.15) is 18.9 Å². The van der Waals surface area contributed by atoms with E-state index < -0.39 is 29.9 Å². The Bertz CT molecular complexity index is 807. The average Bonchev–Trinajstić information content (AvgIpc) is 2.92. The summed E-state index contributed by atoms with van der Waals surface area (Å²) in [5, 5.41) is 0. The van der Waals surface area contributed by atoms with Gasteiger partial charge in [0.2, 0.25) is 5.91 Å². The van der Waals surface area contributed by atoms with E-state index in [0.717, 1.165) is 11.8 Å². The number of esters is 2. The van der Waals surface area contributed by atoms with Gasteiger partial charge in [0, 0.05) is 13.0 Å². The second kappa shape index (κ2) is 9.03. The number of hydrogen-bond acceptors (Lipinski definition) is 8. The highest BCUT2D eigenvalue weighted by molar-refractivity contribution is 6.07. The second-order valence-corrected chi connectivity index (χ2v) is 5.93. The Morgan fingerprint density at radius 1 is 1.11 bits per heavy atom. The highest BCUT2D eigenvalue weighted by atomic mass is 16.5. The standard InChI is InChI=1S/C19H21NO8/c1-11(21)28-16-9-17(22)20(18(16)23)10-13(19(24)27-4)5-12-6-14(25-2)8-15(7-12)26-3/h5-8,16H,9-10H2,1-4H3/b13-5+/t16-/m0/s1. The van der Waals surface area contributed by atoms with Gasteiger partial charge in [0.05, 0.1) is 39.9 Å². The van der Waals surface area contributed by atoms with E-state index in [2.05, 4.69) is 0 Å². The molecular formula is C19H21NO8. The van der Waals surface area contributed by atoms with Gasteiger partial charge in [0.1, 0.15) is 11.5 Å². The lowest BCUT2D eigenvalue weighted by Gasteiger charge is -2.16. The van der Waals surface area contributed by atoms with Gasteiger partial charge < -0.3 is 18.9 Å². The number of benzene rings is 1. The summed E-state index contributed by atoms with van der Waals surface area (Å²) in [6.45, 7) is 0.831. The van der Waals surface area contributed by atoms with Crippen molar-refractivity contribution in [2.45, 2.75) is 19.4 Å². The molecule has 0 bridgehead atoms. The van der Waals surface area contributed by atoms with Gasteiger partial charge in [-0.05, 0) is 23.8 Å². The van der Waals surface area contributed by atoms with Gasteiger partial charge >= 0.3 is 11.9 Å². The van der Waals surface area contributed by atoms with Crippen molar-refractivity contribution in [3.05, 3.63) is 29.3 Å². The van der Waals surface area contributed by atoms with E-state index in [1.165, 1.54) is 27.4 Å². The minimum atomic E-state index is -1.18. The van der Waals surface area contributed by atoms with Crippen LogP contribution in [0.3, 0.4) is 0 Å². The molecule has 1 aromatic rings. The van der Waals surface area contributed by atoms with E-state index >= 15 is 0 Å². The zero-order chi connectivity index (χ0) is 20.8. The Morgan fingerprint density at radius 3 is 2.21 bits per heavy atom.